The molecule has 1 aliphatic heterocycles. The number of amides is 2. The smallest absolute Gasteiger partial charge is 0.351 e. The van der Waals surface area contributed by atoms with Gasteiger partial charge in [-0.25, -0.2) is 8.42 Å². The fourth-order valence-electron chi connectivity index (χ4n) is 3.94. The molecule has 2 aromatic carbocycles. The second-order valence-electron chi connectivity index (χ2n) is 8.66. The first-order valence-corrected chi connectivity index (χ1v) is 12.6. The molecule has 35 heavy (non-hydrogen) atoms. The van der Waals surface area contributed by atoms with Gasteiger partial charge in [-0.05, 0) is 43.5 Å². The van der Waals surface area contributed by atoms with Gasteiger partial charge >= 0.3 is 6.18 Å². The maximum atomic E-state index is 13.0. The van der Waals surface area contributed by atoms with Crippen molar-refractivity contribution >= 4 is 21.8 Å². The molecule has 0 spiro atoms. The van der Waals surface area contributed by atoms with Crippen molar-refractivity contribution in [2.24, 2.45) is 0 Å². The predicted octanol–water partition coefficient (Wildman–Crippen LogP) is 3.03. The first-order valence-electron chi connectivity index (χ1n) is 11.2. The molecule has 0 aliphatic carbocycles. The van der Waals surface area contributed by atoms with Crippen LogP contribution in [0.1, 0.15) is 36.5 Å². The van der Waals surface area contributed by atoms with E-state index in [0.717, 1.165) is 33.6 Å². The lowest BCUT2D eigenvalue weighted by Gasteiger charge is -2.32. The molecule has 1 heterocycles. The van der Waals surface area contributed by atoms with Crippen molar-refractivity contribution in [3.8, 4) is 0 Å². The summed E-state index contributed by atoms with van der Waals surface area (Å²) in [6, 6.07) is 10.1. The number of carbonyl (C=O) groups is 2. The summed E-state index contributed by atoms with van der Waals surface area (Å²) < 4.78 is 65.9. The largest absolute Gasteiger partial charge is 0.416 e. The minimum atomic E-state index is -4.65. The summed E-state index contributed by atoms with van der Waals surface area (Å²) in [6.45, 7) is 3.37. The van der Waals surface area contributed by atoms with Crippen molar-refractivity contribution in [2.45, 2.75) is 56.3 Å². The van der Waals surface area contributed by atoms with E-state index in [1.165, 1.54) is 6.92 Å². The third-order valence-electron chi connectivity index (χ3n) is 5.85. The lowest BCUT2D eigenvalue weighted by atomic mass is 10.0. The molecule has 2 N–H and O–H groups in total. The van der Waals surface area contributed by atoms with Gasteiger partial charge in [0, 0.05) is 32.5 Å². The van der Waals surface area contributed by atoms with Crippen LogP contribution < -0.4 is 10.6 Å². The molecule has 11 heteroatoms. The van der Waals surface area contributed by atoms with Crippen molar-refractivity contribution < 1.29 is 31.2 Å². The number of halogens is 3. The molecule has 1 fully saturated rings. The highest BCUT2D eigenvalue weighted by atomic mass is 32.2. The number of nitrogens with zero attached hydrogens (tertiary/aromatic N) is 1. The predicted molar refractivity (Wildman–Crippen MR) is 124 cm³/mol. The third kappa shape index (κ3) is 7.04. The van der Waals surface area contributed by atoms with Crippen molar-refractivity contribution in [1.29, 1.82) is 0 Å². The zero-order chi connectivity index (χ0) is 25.8. The summed E-state index contributed by atoms with van der Waals surface area (Å²) in [7, 11) is -4.11. The Balaban J connectivity index is 1.62. The lowest BCUT2D eigenvalue weighted by Crippen LogP contribution is -2.53. The van der Waals surface area contributed by atoms with Gasteiger partial charge in [-0.3, -0.25) is 9.59 Å². The first kappa shape index (κ1) is 26.7. The number of benzene rings is 2. The Hall–Kier alpha value is -2.92. The van der Waals surface area contributed by atoms with Gasteiger partial charge in [0.25, 0.3) is 0 Å². The number of alkyl halides is 3. The van der Waals surface area contributed by atoms with Gasteiger partial charge in [0.05, 0.1) is 10.5 Å². The first-order chi connectivity index (χ1) is 16.4. The zero-order valence-corrected chi connectivity index (χ0v) is 20.2. The van der Waals surface area contributed by atoms with Gasteiger partial charge in [-0.2, -0.15) is 17.5 Å². The molecule has 0 aromatic heterocycles. The number of rotatable bonds is 7. The molecular formula is C24H28F3N3O4S. The van der Waals surface area contributed by atoms with E-state index < -0.39 is 32.7 Å². The molecule has 1 aliphatic rings. The van der Waals surface area contributed by atoms with Crippen molar-refractivity contribution in [1.82, 2.24) is 14.9 Å². The standard InChI is InChI=1S/C24H28F3N3O4S/c1-16-6-8-18(9-7-16)14-22(28-17(2)31)23(32)29-20-10-12-30(13-11-20)35(33,34)21-5-3-4-19(15-21)24(25,26)27/h3-9,15,20,22H,10-14H2,1-2H3,(H,28,31)(H,29,32). The molecule has 1 atom stereocenters. The SMILES string of the molecule is CC(=O)NC(Cc1ccc(C)cc1)C(=O)NC1CCN(S(=O)(=O)c2cccc(C(F)(F)F)c2)CC1. The number of aryl methyl sites for hydroxylation is 1. The van der Waals surface area contributed by atoms with Gasteiger partial charge in [0.15, 0.2) is 0 Å². The Kier molecular flexibility index (Phi) is 8.22. The summed E-state index contributed by atoms with van der Waals surface area (Å²) in [5.74, 6) is -0.723. The molecule has 2 amide bonds. The van der Waals surface area contributed by atoms with Crippen LogP contribution in [0.15, 0.2) is 53.4 Å². The highest BCUT2D eigenvalue weighted by Crippen LogP contribution is 2.31. The van der Waals surface area contributed by atoms with Crippen LogP contribution in [0.5, 0.6) is 0 Å². The molecule has 190 valence electrons. The molecule has 0 bridgehead atoms. The van der Waals surface area contributed by atoms with E-state index in [1.54, 1.807) is 0 Å². The molecule has 3 rings (SSSR count). The van der Waals surface area contributed by atoms with E-state index >= 15 is 0 Å². The number of carbonyl (C=O) groups excluding carboxylic acids is 2. The summed E-state index contributed by atoms with van der Waals surface area (Å²) in [5, 5.41) is 5.53. The van der Waals surface area contributed by atoms with Gasteiger partial charge < -0.3 is 10.6 Å². The van der Waals surface area contributed by atoms with Crippen LogP contribution in [0.3, 0.4) is 0 Å². The molecular weight excluding hydrogens is 483 g/mol. The molecule has 7 nitrogen and oxygen atoms in total. The molecule has 0 radical (unpaired) electrons. The third-order valence-corrected chi connectivity index (χ3v) is 7.75. The van der Waals surface area contributed by atoms with Gasteiger partial charge in [0.1, 0.15) is 6.04 Å². The second kappa shape index (κ2) is 10.8. The molecule has 0 saturated carbocycles. The highest BCUT2D eigenvalue weighted by molar-refractivity contribution is 7.89. The summed E-state index contributed by atoms with van der Waals surface area (Å²) in [4.78, 5) is 24.1. The van der Waals surface area contributed by atoms with E-state index in [-0.39, 0.29) is 30.9 Å². The average Bonchev–Trinajstić information content (AvgIpc) is 2.79. The Labute approximate surface area is 202 Å². The average molecular weight is 512 g/mol. The Morgan fingerprint density at radius 2 is 1.71 bits per heavy atom. The van der Waals surface area contributed by atoms with Gasteiger partial charge in [-0.15, -0.1) is 0 Å². The Morgan fingerprint density at radius 3 is 2.29 bits per heavy atom. The summed E-state index contributed by atoms with van der Waals surface area (Å²) in [6.07, 6.45) is -3.76. The van der Waals surface area contributed by atoms with Crippen LogP contribution in [-0.4, -0.2) is 49.7 Å². The number of nitrogens with one attached hydrogen (secondary N) is 2. The van der Waals surface area contributed by atoms with Gasteiger partial charge in [-0.1, -0.05) is 35.9 Å². The van der Waals surface area contributed by atoms with Crippen LogP contribution in [-0.2, 0) is 32.2 Å². The minimum Gasteiger partial charge on any atom is -0.351 e. The topological polar surface area (TPSA) is 95.6 Å². The minimum absolute atomic E-state index is 0.0479. The fraction of sp³-hybridized carbons (Fsp3) is 0.417. The van der Waals surface area contributed by atoms with Crippen LogP contribution in [0, 0.1) is 6.92 Å². The van der Waals surface area contributed by atoms with Crippen LogP contribution in [0.4, 0.5) is 13.2 Å². The second-order valence-corrected chi connectivity index (χ2v) is 10.6. The van der Waals surface area contributed by atoms with Crippen LogP contribution >= 0.6 is 0 Å². The van der Waals surface area contributed by atoms with Crippen molar-refractivity contribution in [3.63, 3.8) is 0 Å². The highest BCUT2D eigenvalue weighted by Gasteiger charge is 2.34. The van der Waals surface area contributed by atoms with Gasteiger partial charge in [0.2, 0.25) is 21.8 Å². The van der Waals surface area contributed by atoms with E-state index in [0.29, 0.717) is 25.3 Å². The normalized spacial score (nSPS) is 16.5. The van der Waals surface area contributed by atoms with Crippen LogP contribution in [0.25, 0.3) is 0 Å². The number of piperidine rings is 1. The molecule has 2 aromatic rings. The summed E-state index contributed by atoms with van der Waals surface area (Å²) in [5.41, 5.74) is 0.922. The van der Waals surface area contributed by atoms with E-state index in [2.05, 4.69) is 10.6 Å². The number of hydrogen-bond donors (Lipinski definition) is 2. The summed E-state index contributed by atoms with van der Waals surface area (Å²) >= 11 is 0. The number of hydrogen-bond acceptors (Lipinski definition) is 4. The fourth-order valence-corrected chi connectivity index (χ4v) is 5.45. The zero-order valence-electron chi connectivity index (χ0n) is 19.4. The van der Waals surface area contributed by atoms with Crippen molar-refractivity contribution in [3.05, 3.63) is 65.2 Å². The maximum absolute atomic E-state index is 13.0. The maximum Gasteiger partial charge on any atom is 0.416 e. The van der Waals surface area contributed by atoms with Crippen LogP contribution in [0.2, 0.25) is 0 Å². The molecule has 1 saturated heterocycles. The number of sulfonamides is 1. The lowest BCUT2D eigenvalue weighted by molar-refractivity contribution is -0.137. The Bertz CT molecular complexity index is 1160. The van der Waals surface area contributed by atoms with E-state index in [4.69, 9.17) is 0 Å². The Morgan fingerprint density at radius 1 is 1.09 bits per heavy atom. The van der Waals surface area contributed by atoms with Crippen molar-refractivity contribution in [2.75, 3.05) is 13.1 Å². The van der Waals surface area contributed by atoms with E-state index in [9.17, 15) is 31.2 Å². The monoisotopic (exact) mass is 511 g/mol. The quantitative estimate of drug-likeness (QED) is 0.598. The van der Waals surface area contributed by atoms with E-state index in [1.807, 2.05) is 31.2 Å². The molecule has 1 unspecified atom stereocenters.